The van der Waals surface area contributed by atoms with Crippen molar-refractivity contribution in [3.05, 3.63) is 42.0 Å². The fourth-order valence-electron chi connectivity index (χ4n) is 2.00. The monoisotopic (exact) mass is 291 g/mol. The smallest absolute Gasteiger partial charge is 0.122 e. The Balaban J connectivity index is 2.22. The Kier molecular flexibility index (Phi) is 8.79. The lowest BCUT2D eigenvalue weighted by atomic mass is 10.1. The van der Waals surface area contributed by atoms with Crippen LogP contribution in [0.2, 0.25) is 0 Å². The third-order valence-electron chi connectivity index (χ3n) is 3.42. The zero-order valence-electron chi connectivity index (χ0n) is 13.7. The lowest BCUT2D eigenvalue weighted by molar-refractivity contribution is 0.100. The van der Waals surface area contributed by atoms with Crippen LogP contribution >= 0.6 is 0 Å². The Hall–Kier alpha value is -1.32. The molecule has 0 unspecified atom stereocenters. The highest BCUT2D eigenvalue weighted by molar-refractivity contribution is 5.38. The number of ether oxygens (including phenoxy) is 2. The van der Waals surface area contributed by atoms with Crippen LogP contribution in [0, 0.1) is 6.92 Å². The molecular formula is C18H29NO2. The van der Waals surface area contributed by atoms with Crippen LogP contribution in [0.1, 0.15) is 31.4 Å². The third-order valence-corrected chi connectivity index (χ3v) is 3.42. The van der Waals surface area contributed by atoms with Crippen molar-refractivity contribution in [1.29, 1.82) is 0 Å². The molecule has 0 aliphatic rings. The van der Waals surface area contributed by atoms with Crippen LogP contribution < -0.4 is 10.1 Å². The molecule has 0 amide bonds. The summed E-state index contributed by atoms with van der Waals surface area (Å²) in [6.07, 6.45) is 3.87. The number of allylic oxidation sites excluding steroid dienone is 1. The zero-order chi connectivity index (χ0) is 15.5. The van der Waals surface area contributed by atoms with Gasteiger partial charge in [0.2, 0.25) is 0 Å². The predicted octanol–water partition coefficient (Wildman–Crippen LogP) is 3.51. The highest BCUT2D eigenvalue weighted by Gasteiger charge is 2.03. The minimum atomic E-state index is 0.555. The van der Waals surface area contributed by atoms with E-state index in [2.05, 4.69) is 44.8 Å². The molecule has 118 valence electrons. The first-order valence-corrected chi connectivity index (χ1v) is 7.81. The second-order valence-electron chi connectivity index (χ2n) is 5.33. The topological polar surface area (TPSA) is 30.5 Å². The maximum absolute atomic E-state index is 5.80. The van der Waals surface area contributed by atoms with Crippen LogP contribution in [0.3, 0.4) is 0 Å². The highest BCUT2D eigenvalue weighted by Crippen LogP contribution is 2.20. The van der Waals surface area contributed by atoms with Crippen molar-refractivity contribution in [2.75, 3.05) is 26.4 Å². The Bertz CT molecular complexity index is 418. The first-order valence-electron chi connectivity index (χ1n) is 7.81. The fourth-order valence-corrected chi connectivity index (χ4v) is 2.00. The summed E-state index contributed by atoms with van der Waals surface area (Å²) >= 11 is 0. The molecule has 21 heavy (non-hydrogen) atoms. The van der Waals surface area contributed by atoms with E-state index in [-0.39, 0.29) is 0 Å². The molecular weight excluding hydrogens is 262 g/mol. The zero-order valence-corrected chi connectivity index (χ0v) is 13.7. The van der Waals surface area contributed by atoms with Gasteiger partial charge in [0, 0.05) is 12.6 Å². The van der Waals surface area contributed by atoms with E-state index in [1.54, 1.807) is 0 Å². The van der Waals surface area contributed by atoms with Crippen LogP contribution in [0.5, 0.6) is 5.75 Å². The summed E-state index contributed by atoms with van der Waals surface area (Å²) in [4.78, 5) is 0. The molecule has 0 radical (unpaired) electrons. The van der Waals surface area contributed by atoms with E-state index >= 15 is 0 Å². The van der Waals surface area contributed by atoms with Gasteiger partial charge < -0.3 is 14.8 Å². The number of rotatable bonds is 11. The van der Waals surface area contributed by atoms with E-state index in [0.717, 1.165) is 31.7 Å². The standard InChI is InChI=1S/C18H29NO2/c1-5-7-17-14-15(3)8-9-18(17)21-13-12-20-11-10-19-16(4)6-2/h5,8-9,14,16,19H,1,6-7,10-13H2,2-4H3/t16-/m1/s1. The Morgan fingerprint density at radius 1 is 1.29 bits per heavy atom. The highest BCUT2D eigenvalue weighted by atomic mass is 16.5. The van der Waals surface area contributed by atoms with Crippen molar-refractivity contribution in [3.8, 4) is 5.75 Å². The van der Waals surface area contributed by atoms with E-state index in [1.807, 2.05) is 12.1 Å². The Morgan fingerprint density at radius 3 is 2.81 bits per heavy atom. The first-order chi connectivity index (χ1) is 10.2. The number of benzene rings is 1. The quantitative estimate of drug-likeness (QED) is 0.500. The SMILES string of the molecule is C=CCc1cc(C)ccc1OCCOCCN[C@H](C)CC. The average Bonchev–Trinajstić information content (AvgIpc) is 2.48. The second kappa shape index (κ2) is 10.4. The van der Waals surface area contributed by atoms with Crippen molar-refractivity contribution in [2.45, 2.75) is 39.7 Å². The lowest BCUT2D eigenvalue weighted by Gasteiger charge is -2.13. The van der Waals surface area contributed by atoms with Gasteiger partial charge in [0.15, 0.2) is 0 Å². The summed E-state index contributed by atoms with van der Waals surface area (Å²) in [6, 6.07) is 6.80. The van der Waals surface area contributed by atoms with Crippen LogP contribution in [-0.4, -0.2) is 32.4 Å². The lowest BCUT2D eigenvalue weighted by Crippen LogP contribution is -2.29. The maximum Gasteiger partial charge on any atom is 0.122 e. The molecule has 0 spiro atoms. The third kappa shape index (κ3) is 7.30. The van der Waals surface area contributed by atoms with Crippen LogP contribution in [0.25, 0.3) is 0 Å². The first kappa shape index (κ1) is 17.7. The van der Waals surface area contributed by atoms with Crippen molar-refractivity contribution >= 4 is 0 Å². The summed E-state index contributed by atoms with van der Waals surface area (Å²) in [5.74, 6) is 0.932. The average molecular weight is 291 g/mol. The summed E-state index contributed by atoms with van der Waals surface area (Å²) in [7, 11) is 0. The van der Waals surface area contributed by atoms with Crippen molar-refractivity contribution in [3.63, 3.8) is 0 Å². The van der Waals surface area contributed by atoms with Crippen LogP contribution in [0.15, 0.2) is 30.9 Å². The van der Waals surface area contributed by atoms with Gasteiger partial charge in [-0.25, -0.2) is 0 Å². The Morgan fingerprint density at radius 2 is 2.10 bits per heavy atom. The number of hydrogen-bond acceptors (Lipinski definition) is 3. The number of aryl methyl sites for hydroxylation is 1. The predicted molar refractivity (Wildman–Crippen MR) is 89.1 cm³/mol. The van der Waals surface area contributed by atoms with Gasteiger partial charge in [-0.15, -0.1) is 6.58 Å². The molecule has 0 aliphatic heterocycles. The van der Waals surface area contributed by atoms with E-state index in [1.165, 1.54) is 11.1 Å². The molecule has 1 aromatic rings. The number of nitrogens with one attached hydrogen (secondary N) is 1. The van der Waals surface area contributed by atoms with Gasteiger partial charge in [-0.05, 0) is 38.3 Å². The molecule has 0 heterocycles. The summed E-state index contributed by atoms with van der Waals surface area (Å²) in [5, 5.41) is 3.40. The van der Waals surface area contributed by atoms with Gasteiger partial charge >= 0.3 is 0 Å². The van der Waals surface area contributed by atoms with Gasteiger partial charge in [-0.3, -0.25) is 0 Å². The molecule has 0 saturated heterocycles. The largest absolute Gasteiger partial charge is 0.491 e. The fraction of sp³-hybridized carbons (Fsp3) is 0.556. The molecule has 0 fully saturated rings. The second-order valence-corrected chi connectivity index (χ2v) is 5.33. The minimum Gasteiger partial charge on any atom is -0.491 e. The molecule has 0 aromatic heterocycles. The van der Waals surface area contributed by atoms with E-state index in [4.69, 9.17) is 9.47 Å². The normalized spacial score (nSPS) is 12.1. The molecule has 1 aromatic carbocycles. The molecule has 0 aliphatic carbocycles. The van der Waals surface area contributed by atoms with E-state index in [9.17, 15) is 0 Å². The van der Waals surface area contributed by atoms with Crippen molar-refractivity contribution < 1.29 is 9.47 Å². The molecule has 0 saturated carbocycles. The molecule has 1 N–H and O–H groups in total. The minimum absolute atomic E-state index is 0.555. The van der Waals surface area contributed by atoms with Gasteiger partial charge in [-0.2, -0.15) is 0 Å². The summed E-state index contributed by atoms with van der Waals surface area (Å²) in [5.41, 5.74) is 2.43. The van der Waals surface area contributed by atoms with Gasteiger partial charge in [-0.1, -0.05) is 30.7 Å². The van der Waals surface area contributed by atoms with Crippen LogP contribution in [0.4, 0.5) is 0 Å². The van der Waals surface area contributed by atoms with Gasteiger partial charge in [0.1, 0.15) is 12.4 Å². The van der Waals surface area contributed by atoms with Crippen molar-refractivity contribution in [2.24, 2.45) is 0 Å². The maximum atomic E-state index is 5.80. The molecule has 3 nitrogen and oxygen atoms in total. The Labute approximate surface area is 129 Å². The van der Waals surface area contributed by atoms with Crippen molar-refractivity contribution in [1.82, 2.24) is 5.32 Å². The number of hydrogen-bond donors (Lipinski definition) is 1. The van der Waals surface area contributed by atoms with Gasteiger partial charge in [0.05, 0.1) is 13.2 Å². The molecule has 1 atom stereocenters. The molecule has 0 bridgehead atoms. The molecule has 1 rings (SSSR count). The summed E-state index contributed by atoms with van der Waals surface area (Å²) < 4.78 is 11.4. The van der Waals surface area contributed by atoms with Gasteiger partial charge in [0.25, 0.3) is 0 Å². The molecule has 3 heteroatoms. The summed E-state index contributed by atoms with van der Waals surface area (Å²) in [6.45, 7) is 13.0. The van der Waals surface area contributed by atoms with Crippen LogP contribution in [-0.2, 0) is 11.2 Å². The van der Waals surface area contributed by atoms with E-state index < -0.39 is 0 Å². The van der Waals surface area contributed by atoms with E-state index in [0.29, 0.717) is 19.3 Å².